The predicted molar refractivity (Wildman–Crippen MR) is 357 cm³/mol. The number of rotatable bonds is 4. The van der Waals surface area contributed by atoms with Crippen LogP contribution in [-0.4, -0.2) is 34.1 Å². The predicted octanol–water partition coefficient (Wildman–Crippen LogP) is 17.4. The van der Waals surface area contributed by atoms with Gasteiger partial charge in [-0.15, -0.1) is 0 Å². The molecule has 390 valence electrons. The van der Waals surface area contributed by atoms with Crippen LogP contribution in [0.3, 0.4) is 0 Å². The van der Waals surface area contributed by atoms with Gasteiger partial charge in [-0.1, -0.05) is 152 Å². The minimum atomic E-state index is -0.139. The molecule has 0 amide bonds. The second-order valence-electron chi connectivity index (χ2n) is 23.6. The molecule has 0 fully saturated rings. The Bertz CT molecular complexity index is 5660. The molecule has 0 saturated carbocycles. The molecule has 85 heavy (non-hydrogen) atoms. The van der Waals surface area contributed by atoms with Crippen molar-refractivity contribution in [3.05, 3.63) is 273 Å². The third-order valence-corrected chi connectivity index (χ3v) is 19.5. The van der Waals surface area contributed by atoms with Crippen LogP contribution in [0, 0.1) is 0 Å². The van der Waals surface area contributed by atoms with E-state index in [4.69, 9.17) is 0 Å². The number of aromatic nitrogens is 6. The summed E-state index contributed by atoms with van der Waals surface area (Å²) in [5.74, 6) is 0. The third-order valence-electron chi connectivity index (χ3n) is 19.5. The van der Waals surface area contributed by atoms with Gasteiger partial charge >= 0.3 is 0 Å². The molecular formula is C78H45BN6. The highest BCUT2D eigenvalue weighted by Crippen LogP contribution is 2.45. The van der Waals surface area contributed by atoms with Gasteiger partial charge in [0.1, 0.15) is 0 Å². The minimum Gasteiger partial charge on any atom is -0.310 e. The van der Waals surface area contributed by atoms with Crippen LogP contribution in [0.15, 0.2) is 273 Å². The van der Waals surface area contributed by atoms with Gasteiger partial charge in [-0.2, -0.15) is 0 Å². The van der Waals surface area contributed by atoms with Crippen molar-refractivity contribution in [2.24, 2.45) is 0 Å². The summed E-state index contributed by atoms with van der Waals surface area (Å²) < 4.78 is 15.2. The first-order valence-electron chi connectivity index (χ1n) is 29.5. The summed E-state index contributed by atoms with van der Waals surface area (Å²) >= 11 is 0. The normalized spacial score (nSPS) is 12.9. The Morgan fingerprint density at radius 3 is 0.753 bits per heavy atom. The number of hydrogen-bond acceptors (Lipinski definition) is 0. The van der Waals surface area contributed by atoms with Crippen molar-refractivity contribution < 1.29 is 0 Å². The molecule has 0 saturated heterocycles. The zero-order chi connectivity index (χ0) is 54.9. The van der Waals surface area contributed by atoms with Crippen molar-refractivity contribution >= 4 is 154 Å². The summed E-state index contributed by atoms with van der Waals surface area (Å²) in [7, 11) is 0. The van der Waals surface area contributed by atoms with Crippen molar-refractivity contribution in [3.63, 3.8) is 0 Å². The van der Waals surface area contributed by atoms with Gasteiger partial charge in [0.05, 0.1) is 55.2 Å². The first kappa shape index (κ1) is 44.4. The lowest BCUT2D eigenvalue weighted by molar-refractivity contribution is 1.13. The van der Waals surface area contributed by atoms with E-state index in [2.05, 4.69) is 300 Å². The van der Waals surface area contributed by atoms with Crippen LogP contribution < -0.4 is 16.4 Å². The number of benzene rings is 13. The number of nitrogens with zero attached hydrogens (tertiary/aromatic N) is 6. The van der Waals surface area contributed by atoms with E-state index in [1.807, 2.05) is 0 Å². The number of para-hydroxylation sites is 8. The fourth-order valence-corrected chi connectivity index (χ4v) is 16.3. The van der Waals surface area contributed by atoms with Gasteiger partial charge < -0.3 is 27.4 Å². The molecule has 0 N–H and O–H groups in total. The topological polar surface area (TPSA) is 29.6 Å². The highest BCUT2D eigenvalue weighted by atomic mass is 15.1. The van der Waals surface area contributed by atoms with Crippen molar-refractivity contribution in [1.29, 1.82) is 0 Å². The molecule has 0 spiro atoms. The van der Waals surface area contributed by atoms with Crippen LogP contribution in [-0.2, 0) is 0 Å². The molecule has 8 heterocycles. The van der Waals surface area contributed by atoms with E-state index in [9.17, 15) is 0 Å². The first-order chi connectivity index (χ1) is 42.2. The molecule has 2 aliphatic rings. The maximum absolute atomic E-state index is 2.62. The van der Waals surface area contributed by atoms with Gasteiger partial charge in [-0.05, 0) is 138 Å². The van der Waals surface area contributed by atoms with Crippen LogP contribution in [0.25, 0.3) is 165 Å². The molecule has 0 unspecified atom stereocenters. The number of fused-ring (bicyclic) bond motifs is 22. The Labute approximate surface area is 485 Å². The molecule has 0 atom stereocenters. The average Bonchev–Trinajstić information content (AvgIpc) is 1.65. The summed E-state index contributed by atoms with van der Waals surface area (Å²) in [5.41, 5.74) is 25.4. The third kappa shape index (κ3) is 5.52. The van der Waals surface area contributed by atoms with Crippen molar-refractivity contribution in [2.45, 2.75) is 0 Å². The van der Waals surface area contributed by atoms with Crippen LogP contribution in [0.2, 0.25) is 0 Å². The maximum atomic E-state index is 2.62. The van der Waals surface area contributed by atoms with Crippen molar-refractivity contribution in [3.8, 4) is 34.1 Å². The molecule has 6 nitrogen and oxygen atoms in total. The van der Waals surface area contributed by atoms with E-state index in [0.717, 1.165) is 22.7 Å². The Morgan fingerprint density at radius 1 is 0.188 bits per heavy atom. The first-order valence-corrected chi connectivity index (χ1v) is 29.5. The lowest BCUT2D eigenvalue weighted by Gasteiger charge is -2.34. The monoisotopic (exact) mass is 1080 g/mol. The average molecular weight is 1080 g/mol. The van der Waals surface area contributed by atoms with E-state index >= 15 is 0 Å². The van der Waals surface area contributed by atoms with E-state index in [1.54, 1.807) is 0 Å². The second-order valence-corrected chi connectivity index (χ2v) is 23.6. The Morgan fingerprint density at radius 2 is 0.447 bits per heavy atom. The van der Waals surface area contributed by atoms with Crippen molar-refractivity contribution in [1.82, 2.24) is 27.4 Å². The van der Waals surface area contributed by atoms with E-state index in [0.29, 0.717) is 0 Å². The fourth-order valence-electron chi connectivity index (χ4n) is 16.3. The minimum absolute atomic E-state index is 0.139. The largest absolute Gasteiger partial charge is 0.310 e. The molecule has 7 heteroatoms. The SMILES string of the molecule is c1cc2c3c(c1)-n1c4ccc(-n5c6ccccc6c6ccccc65)cc4c4cc(-n5c6ccccc6c6ccccc65)cc(c41)B3c1cc(-n3c4ccccc4c4ccccc43)cc3c4cc(-n5c6ccccc6c6ccccc65)ccc4n-2c13. The molecule has 13 aromatic carbocycles. The van der Waals surface area contributed by atoms with Crippen LogP contribution in [0.5, 0.6) is 0 Å². The highest BCUT2D eigenvalue weighted by Gasteiger charge is 2.42. The highest BCUT2D eigenvalue weighted by molar-refractivity contribution is 7.00. The quantitative estimate of drug-likeness (QED) is 0.157. The van der Waals surface area contributed by atoms with E-state index in [-0.39, 0.29) is 6.71 Å². The van der Waals surface area contributed by atoms with Gasteiger partial charge in [-0.3, -0.25) is 0 Å². The van der Waals surface area contributed by atoms with Crippen molar-refractivity contribution in [2.75, 3.05) is 0 Å². The van der Waals surface area contributed by atoms with Gasteiger partial charge in [0.2, 0.25) is 0 Å². The molecule has 0 bridgehead atoms. The maximum Gasteiger partial charge on any atom is 0.252 e. The zero-order valence-electron chi connectivity index (χ0n) is 45.7. The van der Waals surface area contributed by atoms with Gasteiger partial charge in [0, 0.05) is 110 Å². The van der Waals surface area contributed by atoms with Crippen LogP contribution in [0.4, 0.5) is 0 Å². The van der Waals surface area contributed by atoms with Gasteiger partial charge in [0.15, 0.2) is 0 Å². The lowest BCUT2D eigenvalue weighted by Crippen LogP contribution is -2.59. The Balaban J connectivity index is 0.920. The summed E-state index contributed by atoms with van der Waals surface area (Å²) in [6.45, 7) is -0.139. The van der Waals surface area contributed by atoms with E-state index < -0.39 is 0 Å². The number of hydrogen-bond donors (Lipinski definition) is 0. The Kier molecular flexibility index (Phi) is 8.27. The summed E-state index contributed by atoms with van der Waals surface area (Å²) in [6, 6.07) is 103. The van der Waals surface area contributed by atoms with Crippen LogP contribution >= 0.6 is 0 Å². The smallest absolute Gasteiger partial charge is 0.252 e. The standard InChI is InChI=1S/C78H45BN6/c1-9-26-64-50(18-1)51-19-2-10-27-65(51)80(64)46-36-38-72-58(40-46)60-42-48(82-68-30-13-5-22-54(68)55-23-6-14-31-69(55)82)44-62-77(60)84(72)74-34-17-35-75-76(74)79(62)63-45-49(83-70-32-15-7-24-56(70)57-25-8-16-33-71(57)83)43-61-59-41-47(37-39-73(59)85(75)78(61)63)81-66-28-11-3-20-52(66)53-21-4-12-29-67(53)81/h1-45H. The molecule has 6 aromatic heterocycles. The molecule has 0 aliphatic carbocycles. The molecule has 19 aromatic rings. The van der Waals surface area contributed by atoms with E-state index in [1.165, 1.54) is 159 Å². The summed E-state index contributed by atoms with van der Waals surface area (Å²) in [5, 5.41) is 14.9. The van der Waals surface area contributed by atoms with Gasteiger partial charge in [-0.25, -0.2) is 0 Å². The summed E-state index contributed by atoms with van der Waals surface area (Å²) in [4.78, 5) is 0. The van der Waals surface area contributed by atoms with Gasteiger partial charge in [0.25, 0.3) is 6.71 Å². The Hall–Kier alpha value is -11.3. The lowest BCUT2D eigenvalue weighted by atomic mass is 9.34. The zero-order valence-corrected chi connectivity index (χ0v) is 45.7. The molecule has 0 radical (unpaired) electrons. The molecule has 2 aliphatic heterocycles. The molecule has 21 rings (SSSR count). The summed E-state index contributed by atoms with van der Waals surface area (Å²) in [6.07, 6.45) is 0. The second kappa shape index (κ2) is 15.8. The van der Waals surface area contributed by atoms with Crippen LogP contribution in [0.1, 0.15) is 0 Å². The molecular weight excluding hydrogens is 1030 g/mol. The fraction of sp³-hybridized carbons (Fsp3) is 0.